The largest absolute Gasteiger partial charge is 0.332 e. The molecular weight excluding hydrogens is 312 g/mol. The van der Waals surface area contributed by atoms with Crippen LogP contribution in [0.4, 0.5) is 8.78 Å². The molecule has 24 heavy (non-hydrogen) atoms. The molecule has 1 heterocycles. The standard InChI is InChI=1S/C18H17F2N3O/c1-10(13-8-7-12(19)9-15(13)20)21-11(2)17-22-16-6-4-3-5-14(16)18(24)23-17/h3-11,21H,1-2H3,(H,22,23,24)/p+1/t10-,11-/m0/s1. The smallest absolute Gasteiger partial charge is 0.258 e. The van der Waals surface area contributed by atoms with Crippen LogP contribution < -0.4 is 10.9 Å². The van der Waals surface area contributed by atoms with Crippen LogP contribution in [0.15, 0.2) is 47.3 Å². The summed E-state index contributed by atoms with van der Waals surface area (Å²) in [6.45, 7) is 3.71. The predicted octanol–water partition coefficient (Wildman–Crippen LogP) is 2.59. The fourth-order valence-corrected chi connectivity index (χ4v) is 2.82. The van der Waals surface area contributed by atoms with Gasteiger partial charge in [-0.15, -0.1) is 0 Å². The van der Waals surface area contributed by atoms with Gasteiger partial charge in [-0.05, 0) is 38.1 Å². The highest BCUT2D eigenvalue weighted by atomic mass is 19.1. The highest BCUT2D eigenvalue weighted by Gasteiger charge is 2.20. The third-order valence-electron chi connectivity index (χ3n) is 4.09. The molecule has 1 aromatic heterocycles. The maximum Gasteiger partial charge on any atom is 0.258 e. The minimum absolute atomic E-state index is 0.193. The Kier molecular flexibility index (Phi) is 4.40. The van der Waals surface area contributed by atoms with E-state index in [1.165, 1.54) is 12.1 Å². The van der Waals surface area contributed by atoms with Crippen molar-refractivity contribution < 1.29 is 14.1 Å². The Hall–Kier alpha value is -2.60. The molecular formula is C18H18F2N3O+. The summed E-state index contributed by atoms with van der Waals surface area (Å²) in [5.74, 6) is -0.656. The van der Waals surface area contributed by atoms with Gasteiger partial charge in [-0.25, -0.2) is 13.8 Å². The van der Waals surface area contributed by atoms with E-state index in [0.717, 1.165) is 6.07 Å². The van der Waals surface area contributed by atoms with Crippen molar-refractivity contribution in [1.29, 1.82) is 0 Å². The lowest BCUT2D eigenvalue weighted by molar-refractivity contribution is -0.729. The zero-order chi connectivity index (χ0) is 17.3. The van der Waals surface area contributed by atoms with Crippen LogP contribution >= 0.6 is 0 Å². The molecule has 2 atom stereocenters. The van der Waals surface area contributed by atoms with E-state index in [0.29, 0.717) is 22.3 Å². The maximum atomic E-state index is 13.9. The molecule has 6 heteroatoms. The van der Waals surface area contributed by atoms with Gasteiger partial charge in [0, 0.05) is 11.6 Å². The van der Waals surface area contributed by atoms with Crippen molar-refractivity contribution in [1.82, 2.24) is 9.97 Å². The van der Waals surface area contributed by atoms with Gasteiger partial charge in [0.15, 0.2) is 5.82 Å². The summed E-state index contributed by atoms with van der Waals surface area (Å²) >= 11 is 0. The second-order valence-corrected chi connectivity index (χ2v) is 5.90. The zero-order valence-electron chi connectivity index (χ0n) is 13.4. The second kappa shape index (κ2) is 6.49. The molecule has 0 amide bonds. The molecule has 0 fully saturated rings. The van der Waals surface area contributed by atoms with Crippen LogP contribution in [-0.4, -0.2) is 9.97 Å². The van der Waals surface area contributed by atoms with Crippen LogP contribution in [0.1, 0.15) is 37.3 Å². The number of nitrogens with one attached hydrogen (secondary N) is 1. The third-order valence-corrected chi connectivity index (χ3v) is 4.09. The minimum atomic E-state index is -0.600. The number of rotatable bonds is 4. The van der Waals surface area contributed by atoms with Gasteiger partial charge < -0.3 is 10.3 Å². The Labute approximate surface area is 137 Å². The number of aromatic nitrogens is 2. The average Bonchev–Trinajstić information content (AvgIpc) is 2.54. The van der Waals surface area contributed by atoms with Crippen molar-refractivity contribution in [3.63, 3.8) is 0 Å². The van der Waals surface area contributed by atoms with Gasteiger partial charge in [0.2, 0.25) is 0 Å². The molecule has 3 aromatic rings. The number of benzene rings is 2. The first-order chi connectivity index (χ1) is 11.5. The molecule has 0 unspecified atom stereocenters. The Bertz CT molecular complexity index is 939. The monoisotopic (exact) mass is 330 g/mol. The summed E-state index contributed by atoms with van der Waals surface area (Å²) in [5, 5.41) is 2.41. The van der Waals surface area contributed by atoms with Crippen molar-refractivity contribution in [3.05, 3.63) is 75.8 Å². The number of aromatic amines is 1. The summed E-state index contributed by atoms with van der Waals surface area (Å²) in [7, 11) is 0. The van der Waals surface area contributed by atoms with E-state index in [1.807, 2.05) is 25.2 Å². The molecule has 0 aliphatic carbocycles. The number of para-hydroxylation sites is 1. The van der Waals surface area contributed by atoms with Crippen LogP contribution in [0.25, 0.3) is 10.9 Å². The minimum Gasteiger partial charge on any atom is -0.332 e. The molecule has 3 N–H and O–H groups in total. The molecule has 0 radical (unpaired) electrons. The van der Waals surface area contributed by atoms with E-state index in [4.69, 9.17) is 0 Å². The normalized spacial score (nSPS) is 13.8. The first-order valence-electron chi connectivity index (χ1n) is 7.74. The lowest BCUT2D eigenvalue weighted by Gasteiger charge is -2.17. The van der Waals surface area contributed by atoms with Crippen molar-refractivity contribution in [2.24, 2.45) is 0 Å². The SMILES string of the molecule is C[C@H]([NH2+][C@@H](C)c1ccc(F)cc1F)c1nc2ccccc2c(=O)[nH]1. The first kappa shape index (κ1) is 16.3. The van der Waals surface area contributed by atoms with Gasteiger partial charge in [-0.3, -0.25) is 4.79 Å². The Morgan fingerprint density at radius 2 is 1.83 bits per heavy atom. The molecule has 124 valence electrons. The second-order valence-electron chi connectivity index (χ2n) is 5.90. The predicted molar refractivity (Wildman–Crippen MR) is 87.5 cm³/mol. The quantitative estimate of drug-likeness (QED) is 0.772. The van der Waals surface area contributed by atoms with E-state index < -0.39 is 11.6 Å². The fraction of sp³-hybridized carbons (Fsp3) is 0.222. The number of hydrogen-bond acceptors (Lipinski definition) is 2. The van der Waals surface area contributed by atoms with Gasteiger partial charge >= 0.3 is 0 Å². The van der Waals surface area contributed by atoms with Gasteiger partial charge in [0.25, 0.3) is 5.56 Å². The van der Waals surface area contributed by atoms with Gasteiger partial charge in [0.05, 0.1) is 10.9 Å². The van der Waals surface area contributed by atoms with E-state index in [-0.39, 0.29) is 17.6 Å². The lowest BCUT2D eigenvalue weighted by atomic mass is 10.1. The first-order valence-corrected chi connectivity index (χ1v) is 7.74. The molecule has 0 spiro atoms. The molecule has 0 aliphatic rings. The topological polar surface area (TPSA) is 62.4 Å². The van der Waals surface area contributed by atoms with Crippen LogP contribution in [0, 0.1) is 11.6 Å². The molecule has 0 bridgehead atoms. The summed E-state index contributed by atoms with van der Waals surface area (Å²) in [5.41, 5.74) is 0.833. The maximum absolute atomic E-state index is 13.9. The number of halogens is 2. The molecule has 0 saturated heterocycles. The lowest BCUT2D eigenvalue weighted by Crippen LogP contribution is -2.85. The summed E-state index contributed by atoms with van der Waals surface area (Å²) in [4.78, 5) is 19.4. The number of fused-ring (bicyclic) bond motifs is 1. The van der Waals surface area contributed by atoms with E-state index in [2.05, 4.69) is 9.97 Å². The van der Waals surface area contributed by atoms with Gasteiger partial charge in [0.1, 0.15) is 23.7 Å². The van der Waals surface area contributed by atoms with Crippen LogP contribution in [-0.2, 0) is 0 Å². The van der Waals surface area contributed by atoms with Gasteiger partial charge in [-0.1, -0.05) is 12.1 Å². The number of H-pyrrole nitrogens is 1. The molecule has 0 saturated carbocycles. The van der Waals surface area contributed by atoms with Crippen LogP contribution in [0.2, 0.25) is 0 Å². The number of nitrogens with two attached hydrogens (primary N) is 1. The highest BCUT2D eigenvalue weighted by molar-refractivity contribution is 5.77. The average molecular weight is 330 g/mol. The van der Waals surface area contributed by atoms with Crippen molar-refractivity contribution in [2.75, 3.05) is 0 Å². The molecule has 3 rings (SSSR count). The van der Waals surface area contributed by atoms with E-state index in [1.54, 1.807) is 18.2 Å². The third kappa shape index (κ3) is 3.19. The highest BCUT2D eigenvalue weighted by Crippen LogP contribution is 2.16. The Morgan fingerprint density at radius 1 is 1.08 bits per heavy atom. The van der Waals surface area contributed by atoms with E-state index in [9.17, 15) is 13.6 Å². The van der Waals surface area contributed by atoms with Crippen LogP contribution in [0.5, 0.6) is 0 Å². The number of hydrogen-bond donors (Lipinski definition) is 2. The van der Waals surface area contributed by atoms with E-state index >= 15 is 0 Å². The summed E-state index contributed by atoms with van der Waals surface area (Å²) in [6.07, 6.45) is 0. The van der Waals surface area contributed by atoms with Gasteiger partial charge in [-0.2, -0.15) is 0 Å². The summed E-state index contributed by atoms with van der Waals surface area (Å²) in [6, 6.07) is 10.2. The van der Waals surface area contributed by atoms with Crippen LogP contribution in [0.3, 0.4) is 0 Å². The van der Waals surface area contributed by atoms with Crippen molar-refractivity contribution >= 4 is 10.9 Å². The Balaban J connectivity index is 1.86. The van der Waals surface area contributed by atoms with Crippen molar-refractivity contribution in [3.8, 4) is 0 Å². The van der Waals surface area contributed by atoms with Crippen molar-refractivity contribution in [2.45, 2.75) is 25.9 Å². The molecule has 0 aliphatic heterocycles. The number of nitrogens with zero attached hydrogens (tertiary/aromatic N) is 1. The Morgan fingerprint density at radius 3 is 2.58 bits per heavy atom. The zero-order valence-corrected chi connectivity index (χ0v) is 13.4. The molecule has 2 aromatic carbocycles. The number of quaternary nitrogens is 1. The fourth-order valence-electron chi connectivity index (χ4n) is 2.82. The summed E-state index contributed by atoms with van der Waals surface area (Å²) < 4.78 is 26.9. The molecule has 4 nitrogen and oxygen atoms in total.